The molecule has 172 valence electrons. The van der Waals surface area contributed by atoms with Crippen LogP contribution in [0.2, 0.25) is 0 Å². The molecule has 0 spiro atoms. The van der Waals surface area contributed by atoms with Crippen molar-refractivity contribution in [3.05, 3.63) is 0 Å². The SMILES string of the molecule is F.F.O=P(O)(O)OP(=O)(O)OP(=O)(O)OP(=O)(O)OP(=O)(O)OP(=O)(O)O.[Ca+2].[H-].[H-]. The third-order valence-corrected chi connectivity index (χ3v) is 9.34. The Morgan fingerprint density at radius 2 is 0.571 bits per heavy atom. The van der Waals surface area contributed by atoms with E-state index in [2.05, 4.69) is 21.6 Å². The van der Waals surface area contributed by atoms with Gasteiger partial charge in [0.25, 0.3) is 0 Å². The van der Waals surface area contributed by atoms with Gasteiger partial charge >= 0.3 is 84.7 Å². The minimum atomic E-state index is -6.26. The van der Waals surface area contributed by atoms with Gasteiger partial charge in [0, 0.05) is 0 Å². The number of rotatable bonds is 10. The Morgan fingerprint density at radius 3 is 0.714 bits per heavy atom. The van der Waals surface area contributed by atoms with Crippen LogP contribution in [-0.2, 0) is 48.9 Å². The van der Waals surface area contributed by atoms with Crippen LogP contribution in [0.3, 0.4) is 0 Å². The quantitative estimate of drug-likeness (QED) is 0.123. The first-order valence-electron chi connectivity index (χ1n) is 4.52. The summed E-state index contributed by atoms with van der Waals surface area (Å²) in [6, 6.07) is 0. The summed E-state index contributed by atoms with van der Waals surface area (Å²) in [6.07, 6.45) is 0. The molecule has 0 saturated carbocycles. The second-order valence-electron chi connectivity index (χ2n) is 3.26. The van der Waals surface area contributed by atoms with E-state index in [4.69, 9.17) is 39.1 Å². The van der Waals surface area contributed by atoms with Crippen LogP contribution in [0.1, 0.15) is 2.85 Å². The van der Waals surface area contributed by atoms with Crippen LogP contribution in [-0.4, -0.2) is 76.9 Å². The van der Waals surface area contributed by atoms with Crippen molar-refractivity contribution in [3.8, 4) is 0 Å². The van der Waals surface area contributed by atoms with Gasteiger partial charge in [-0.25, -0.2) is 27.4 Å². The molecule has 8 N–H and O–H groups in total. The van der Waals surface area contributed by atoms with Crippen molar-refractivity contribution in [1.29, 1.82) is 0 Å². The van der Waals surface area contributed by atoms with Crippen LogP contribution >= 0.6 is 46.9 Å². The average Bonchev–Trinajstić information content (AvgIpc) is 1.97. The largest absolute Gasteiger partial charge is 2.00 e. The van der Waals surface area contributed by atoms with E-state index in [1.54, 1.807) is 0 Å². The van der Waals surface area contributed by atoms with E-state index in [-0.39, 0.29) is 50.0 Å². The topological polar surface area (TPSA) is 310 Å². The molecule has 19 nitrogen and oxygen atoms in total. The van der Waals surface area contributed by atoms with Gasteiger partial charge in [0.15, 0.2) is 0 Å². The molecule has 28 heavy (non-hydrogen) atoms. The van der Waals surface area contributed by atoms with E-state index in [0.29, 0.717) is 0 Å². The van der Waals surface area contributed by atoms with E-state index < -0.39 is 46.9 Å². The van der Waals surface area contributed by atoms with Crippen LogP contribution < -0.4 is 0 Å². The molecule has 0 fully saturated rings. The number of hydrogen-bond acceptors (Lipinski definition) is 11. The average molecular weight is 580 g/mol. The fraction of sp³-hybridized carbons (Fsp3) is 0. The molecule has 0 bridgehead atoms. The molecule has 0 heterocycles. The first-order valence-corrected chi connectivity index (χ1v) is 13.6. The zero-order chi connectivity index (χ0) is 20.5. The summed E-state index contributed by atoms with van der Waals surface area (Å²) in [6.45, 7) is 0. The summed E-state index contributed by atoms with van der Waals surface area (Å²) < 4.78 is 80.4. The summed E-state index contributed by atoms with van der Waals surface area (Å²) >= 11 is 0. The molecule has 28 heteroatoms. The minimum Gasteiger partial charge on any atom is -1.00 e. The zero-order valence-electron chi connectivity index (χ0n) is 14.3. The van der Waals surface area contributed by atoms with Gasteiger partial charge in [-0.2, -0.15) is 21.6 Å². The normalized spacial score (nSPS) is 20.6. The van der Waals surface area contributed by atoms with Crippen molar-refractivity contribution < 1.29 is 100 Å². The summed E-state index contributed by atoms with van der Waals surface area (Å²) in [5.74, 6) is 0. The smallest absolute Gasteiger partial charge is 1.00 e. The van der Waals surface area contributed by atoms with E-state index in [1.807, 2.05) is 0 Å². The minimum absolute atomic E-state index is 0. The molecule has 0 rings (SSSR count). The van der Waals surface area contributed by atoms with Gasteiger partial charge < -0.3 is 42.0 Å². The maximum Gasteiger partial charge on any atom is 2.00 e. The molecule has 0 amide bonds. The van der Waals surface area contributed by atoms with Gasteiger partial charge in [0.1, 0.15) is 0 Å². The van der Waals surface area contributed by atoms with Crippen LogP contribution in [0.15, 0.2) is 0 Å². The first-order chi connectivity index (χ1) is 10.5. The number of hydrogen-bond donors (Lipinski definition) is 8. The van der Waals surface area contributed by atoms with Crippen LogP contribution in [0, 0.1) is 0 Å². The Bertz CT molecular complexity index is 718. The van der Waals surface area contributed by atoms with Crippen molar-refractivity contribution in [2.45, 2.75) is 0 Å². The Kier molecular flexibility index (Phi) is 16.4. The Hall–Kier alpha value is 1.98. The first kappa shape index (κ1) is 37.3. The maximum absolute atomic E-state index is 11.2. The molecule has 0 aliphatic heterocycles. The van der Waals surface area contributed by atoms with Gasteiger partial charge in [-0.1, -0.05) is 0 Å². The van der Waals surface area contributed by atoms with Gasteiger partial charge in [-0.15, -0.1) is 0 Å². The van der Waals surface area contributed by atoms with Gasteiger partial charge in [-0.3, -0.25) is 9.41 Å². The molecule has 0 aromatic rings. The second kappa shape index (κ2) is 12.3. The van der Waals surface area contributed by atoms with Crippen molar-refractivity contribution in [2.24, 2.45) is 0 Å². The summed E-state index contributed by atoms with van der Waals surface area (Å²) in [5.41, 5.74) is 0. The fourth-order valence-corrected chi connectivity index (χ4v) is 7.55. The molecule has 0 aliphatic carbocycles. The molecular formula is H12CaF2O19P6. The van der Waals surface area contributed by atoms with Crippen molar-refractivity contribution in [3.63, 3.8) is 0 Å². The predicted octanol–water partition coefficient (Wildman–Crippen LogP) is -0.194. The molecule has 4 atom stereocenters. The van der Waals surface area contributed by atoms with E-state index in [0.717, 1.165) is 0 Å². The van der Waals surface area contributed by atoms with E-state index >= 15 is 0 Å². The summed E-state index contributed by atoms with van der Waals surface area (Å²) in [4.78, 5) is 68.1. The monoisotopic (exact) mass is 580 g/mol. The fourth-order valence-electron chi connectivity index (χ4n) is 0.720. The molecule has 0 aromatic heterocycles. The zero-order valence-corrected chi connectivity index (χ0v) is 19.9. The maximum atomic E-state index is 11.2. The second-order valence-corrected chi connectivity index (χ2v) is 12.2. The Morgan fingerprint density at radius 1 is 0.429 bits per heavy atom. The van der Waals surface area contributed by atoms with Crippen LogP contribution in [0.25, 0.3) is 0 Å². The van der Waals surface area contributed by atoms with Crippen molar-refractivity contribution in [2.75, 3.05) is 0 Å². The molecule has 0 saturated heterocycles. The van der Waals surface area contributed by atoms with Crippen LogP contribution in [0.4, 0.5) is 9.41 Å². The standard InChI is InChI=1S/Ca.2FH.H8O19P6.2H/c;;;1-20(2,3)15-22(7,8)17-24(11,12)19-25(13,14)18-23(9,10)16-21(4,5)6;;/h;2*1H;(H,7,8)(H,9,10)(H,11,12)(H,13,14)(H2,1,2,3)(H2,4,5,6);;/q+2;;;;2*-1. The van der Waals surface area contributed by atoms with Crippen molar-refractivity contribution in [1.82, 2.24) is 0 Å². The number of phosphoric acid groups is 6. The molecule has 0 aromatic carbocycles. The summed E-state index contributed by atoms with van der Waals surface area (Å²) in [7, 11) is -36.2. The van der Waals surface area contributed by atoms with Gasteiger partial charge in [0.05, 0.1) is 0 Å². The molecular weight excluding hydrogens is 568 g/mol. The Labute approximate surface area is 184 Å². The van der Waals surface area contributed by atoms with Crippen molar-refractivity contribution >= 4 is 84.7 Å². The third-order valence-electron chi connectivity index (χ3n) is 1.04. The van der Waals surface area contributed by atoms with Crippen LogP contribution in [0.5, 0.6) is 0 Å². The van der Waals surface area contributed by atoms with E-state index in [9.17, 15) is 27.4 Å². The predicted molar refractivity (Wildman–Crippen MR) is 81.8 cm³/mol. The van der Waals surface area contributed by atoms with E-state index in [1.165, 1.54) is 0 Å². The third kappa shape index (κ3) is 19.9. The molecule has 0 aliphatic rings. The molecule has 4 unspecified atom stereocenters. The van der Waals surface area contributed by atoms with Gasteiger partial charge in [0.2, 0.25) is 0 Å². The Balaban J connectivity index is -0.000000288. The number of halogens is 2. The van der Waals surface area contributed by atoms with Gasteiger partial charge in [-0.05, 0) is 0 Å². The molecule has 0 radical (unpaired) electrons. The summed E-state index contributed by atoms with van der Waals surface area (Å²) in [5, 5.41) is 0.